The number of para-hydroxylation sites is 1. The van der Waals surface area contributed by atoms with Crippen LogP contribution in [0.15, 0.2) is 36.5 Å². The highest BCUT2D eigenvalue weighted by Crippen LogP contribution is 2.28. The molecule has 0 radical (unpaired) electrons. The molecule has 0 bridgehead atoms. The SMILES string of the molecule is Cc1cccc(C)c1NC(=O)CNc1ccc(C(F)(F)F)c[nH+]1. The van der Waals surface area contributed by atoms with E-state index in [4.69, 9.17) is 0 Å². The predicted octanol–water partition coefficient (Wildman–Crippen LogP) is 3.19. The minimum atomic E-state index is -4.39. The minimum absolute atomic E-state index is 0.0599. The van der Waals surface area contributed by atoms with Crippen molar-refractivity contribution in [1.29, 1.82) is 0 Å². The van der Waals surface area contributed by atoms with Crippen LogP contribution in [-0.4, -0.2) is 12.5 Å². The number of H-pyrrole nitrogens is 1. The van der Waals surface area contributed by atoms with Gasteiger partial charge in [-0.3, -0.25) is 10.1 Å². The zero-order chi connectivity index (χ0) is 17.0. The first-order chi connectivity index (χ1) is 10.8. The lowest BCUT2D eigenvalue weighted by Crippen LogP contribution is -2.25. The van der Waals surface area contributed by atoms with Crippen molar-refractivity contribution in [3.63, 3.8) is 0 Å². The van der Waals surface area contributed by atoms with E-state index in [1.165, 1.54) is 6.07 Å². The summed E-state index contributed by atoms with van der Waals surface area (Å²) in [5, 5.41) is 5.54. The van der Waals surface area contributed by atoms with E-state index in [-0.39, 0.29) is 12.5 Å². The fraction of sp³-hybridized carbons (Fsp3) is 0.250. The summed E-state index contributed by atoms with van der Waals surface area (Å²) in [5.41, 5.74) is 1.86. The Hall–Kier alpha value is -2.57. The summed E-state index contributed by atoms with van der Waals surface area (Å²) >= 11 is 0. The number of pyridine rings is 1. The Kier molecular flexibility index (Phi) is 4.88. The number of anilines is 2. The van der Waals surface area contributed by atoms with E-state index in [1.54, 1.807) is 0 Å². The summed E-state index contributed by atoms with van der Waals surface area (Å²) < 4.78 is 37.3. The van der Waals surface area contributed by atoms with E-state index in [0.717, 1.165) is 29.1 Å². The van der Waals surface area contributed by atoms with Crippen molar-refractivity contribution < 1.29 is 22.9 Å². The molecule has 0 aliphatic rings. The molecule has 23 heavy (non-hydrogen) atoms. The standard InChI is InChI=1S/C16H16F3N3O/c1-10-4-3-5-11(2)15(10)22-14(23)9-21-13-7-6-12(8-20-13)16(17,18)19/h3-8H,9H2,1-2H3,(H,20,21)(H,22,23)/p+1. The fourth-order valence-corrected chi connectivity index (χ4v) is 2.08. The van der Waals surface area contributed by atoms with Crippen LogP contribution >= 0.6 is 0 Å². The molecule has 1 aromatic heterocycles. The first kappa shape index (κ1) is 16.8. The van der Waals surface area contributed by atoms with E-state index in [1.807, 2.05) is 32.0 Å². The second-order valence-corrected chi connectivity index (χ2v) is 5.16. The van der Waals surface area contributed by atoms with Crippen molar-refractivity contribution >= 4 is 17.4 Å². The maximum atomic E-state index is 12.4. The molecule has 1 heterocycles. The van der Waals surface area contributed by atoms with Crippen molar-refractivity contribution in [3.05, 3.63) is 53.2 Å². The predicted molar refractivity (Wildman–Crippen MR) is 81.0 cm³/mol. The summed E-state index contributed by atoms with van der Waals surface area (Å²) in [7, 11) is 0. The largest absolute Gasteiger partial charge is 0.419 e. The summed E-state index contributed by atoms with van der Waals surface area (Å²) in [4.78, 5) is 14.4. The Morgan fingerprint density at radius 1 is 1.13 bits per heavy atom. The van der Waals surface area contributed by atoms with Crippen LogP contribution in [0.3, 0.4) is 0 Å². The smallest absolute Gasteiger partial charge is 0.322 e. The molecule has 7 heteroatoms. The number of nitrogens with one attached hydrogen (secondary N) is 3. The molecular weight excluding hydrogens is 307 g/mol. The number of rotatable bonds is 4. The molecule has 3 N–H and O–H groups in total. The normalized spacial score (nSPS) is 11.2. The van der Waals surface area contributed by atoms with Crippen molar-refractivity contribution in [2.45, 2.75) is 20.0 Å². The number of carbonyl (C=O) groups excluding carboxylic acids is 1. The molecule has 2 rings (SSSR count). The van der Waals surface area contributed by atoms with Crippen LogP contribution < -0.4 is 15.6 Å². The van der Waals surface area contributed by atoms with Gasteiger partial charge in [0.05, 0.1) is 5.56 Å². The molecule has 2 aromatic rings. The zero-order valence-corrected chi connectivity index (χ0v) is 12.7. The quantitative estimate of drug-likeness (QED) is 0.907. The van der Waals surface area contributed by atoms with Gasteiger partial charge in [0.2, 0.25) is 0 Å². The molecule has 0 atom stereocenters. The van der Waals surface area contributed by atoms with Gasteiger partial charge in [-0.1, -0.05) is 18.2 Å². The van der Waals surface area contributed by atoms with E-state index in [2.05, 4.69) is 15.6 Å². The average Bonchev–Trinajstić information content (AvgIpc) is 2.48. The summed E-state index contributed by atoms with van der Waals surface area (Å²) in [5.74, 6) is 0.0466. The van der Waals surface area contributed by atoms with Crippen LogP contribution in [0, 0.1) is 13.8 Å². The molecule has 0 fully saturated rings. The lowest BCUT2D eigenvalue weighted by Gasteiger charge is -2.10. The van der Waals surface area contributed by atoms with E-state index in [0.29, 0.717) is 5.82 Å². The number of carbonyl (C=O) groups is 1. The highest BCUT2D eigenvalue weighted by molar-refractivity contribution is 5.94. The van der Waals surface area contributed by atoms with Gasteiger partial charge in [0, 0.05) is 11.8 Å². The van der Waals surface area contributed by atoms with Gasteiger partial charge in [-0.15, -0.1) is 0 Å². The average molecular weight is 324 g/mol. The Bertz CT molecular complexity index is 676. The number of hydrogen-bond acceptors (Lipinski definition) is 2. The van der Waals surface area contributed by atoms with Gasteiger partial charge in [0.15, 0.2) is 6.54 Å². The number of hydrogen-bond donors (Lipinski definition) is 2. The number of aromatic amines is 1. The van der Waals surface area contributed by atoms with Gasteiger partial charge in [0.1, 0.15) is 6.20 Å². The molecule has 4 nitrogen and oxygen atoms in total. The van der Waals surface area contributed by atoms with Crippen molar-refractivity contribution in [3.8, 4) is 0 Å². The number of halogens is 3. The van der Waals surface area contributed by atoms with E-state index < -0.39 is 11.7 Å². The first-order valence-electron chi connectivity index (χ1n) is 6.96. The fourth-order valence-electron chi connectivity index (χ4n) is 2.08. The summed E-state index contributed by atoms with van der Waals surface area (Å²) in [6, 6.07) is 7.87. The summed E-state index contributed by atoms with van der Waals surface area (Å²) in [6.45, 7) is 3.72. The number of amides is 1. The van der Waals surface area contributed by atoms with Gasteiger partial charge in [-0.2, -0.15) is 13.2 Å². The highest BCUT2D eigenvalue weighted by Gasteiger charge is 2.31. The first-order valence-corrected chi connectivity index (χ1v) is 6.96. The van der Waals surface area contributed by atoms with Crippen LogP contribution in [0.1, 0.15) is 16.7 Å². The maximum Gasteiger partial charge on any atom is 0.419 e. The molecular formula is C16H17F3N3O+. The van der Waals surface area contributed by atoms with Crippen LogP contribution in [0.2, 0.25) is 0 Å². The Morgan fingerprint density at radius 3 is 2.30 bits per heavy atom. The number of benzene rings is 1. The molecule has 1 aromatic carbocycles. The molecule has 0 saturated heterocycles. The Labute approximate surface area is 131 Å². The molecule has 122 valence electrons. The van der Waals surface area contributed by atoms with Crippen LogP contribution in [0.4, 0.5) is 24.7 Å². The zero-order valence-electron chi connectivity index (χ0n) is 12.7. The van der Waals surface area contributed by atoms with Crippen molar-refractivity contribution in [1.82, 2.24) is 0 Å². The van der Waals surface area contributed by atoms with Crippen LogP contribution in [0.25, 0.3) is 0 Å². The second-order valence-electron chi connectivity index (χ2n) is 5.16. The minimum Gasteiger partial charge on any atom is -0.322 e. The highest BCUT2D eigenvalue weighted by atomic mass is 19.4. The van der Waals surface area contributed by atoms with E-state index >= 15 is 0 Å². The van der Waals surface area contributed by atoms with Gasteiger partial charge >= 0.3 is 6.18 Å². The van der Waals surface area contributed by atoms with Crippen LogP contribution in [0.5, 0.6) is 0 Å². The maximum absolute atomic E-state index is 12.4. The summed E-state index contributed by atoms with van der Waals surface area (Å²) in [6.07, 6.45) is -3.54. The van der Waals surface area contributed by atoms with Crippen molar-refractivity contribution in [2.24, 2.45) is 0 Å². The lowest BCUT2D eigenvalue weighted by atomic mass is 10.1. The second kappa shape index (κ2) is 6.68. The Morgan fingerprint density at radius 2 is 1.78 bits per heavy atom. The molecule has 0 aliphatic carbocycles. The van der Waals surface area contributed by atoms with E-state index in [9.17, 15) is 18.0 Å². The van der Waals surface area contributed by atoms with Gasteiger partial charge < -0.3 is 5.32 Å². The van der Waals surface area contributed by atoms with Gasteiger partial charge in [0.25, 0.3) is 11.7 Å². The van der Waals surface area contributed by atoms with Gasteiger partial charge in [-0.25, -0.2) is 4.98 Å². The van der Waals surface area contributed by atoms with Crippen LogP contribution in [-0.2, 0) is 11.0 Å². The molecule has 0 spiro atoms. The number of alkyl halides is 3. The number of aromatic nitrogens is 1. The monoisotopic (exact) mass is 324 g/mol. The molecule has 0 unspecified atom stereocenters. The molecule has 0 saturated carbocycles. The lowest BCUT2D eigenvalue weighted by molar-refractivity contribution is -0.364. The number of aryl methyl sites for hydroxylation is 2. The third-order valence-electron chi connectivity index (χ3n) is 3.32. The van der Waals surface area contributed by atoms with Gasteiger partial charge in [-0.05, 0) is 31.0 Å². The third kappa shape index (κ3) is 4.45. The molecule has 0 aliphatic heterocycles. The Balaban J connectivity index is 1.94. The topological polar surface area (TPSA) is 55.3 Å². The van der Waals surface area contributed by atoms with Crippen molar-refractivity contribution in [2.75, 3.05) is 17.2 Å². The third-order valence-corrected chi connectivity index (χ3v) is 3.32. The molecule has 1 amide bonds.